The summed E-state index contributed by atoms with van der Waals surface area (Å²) in [5.74, 6) is -1.19. The molecule has 33 heavy (non-hydrogen) atoms. The van der Waals surface area contributed by atoms with E-state index in [1.807, 2.05) is 6.92 Å². The number of anilines is 2. The van der Waals surface area contributed by atoms with Crippen LogP contribution in [0, 0.1) is 18.7 Å². The van der Waals surface area contributed by atoms with E-state index < -0.39 is 27.9 Å². The number of rotatable bonds is 5. The van der Waals surface area contributed by atoms with E-state index in [0.29, 0.717) is 48.5 Å². The highest BCUT2D eigenvalue weighted by Gasteiger charge is 2.36. The predicted octanol–water partition coefficient (Wildman–Crippen LogP) is 3.28. The zero-order valence-corrected chi connectivity index (χ0v) is 19.2. The van der Waals surface area contributed by atoms with Gasteiger partial charge in [-0.1, -0.05) is 6.92 Å². The minimum absolute atomic E-state index is 0.0427. The third-order valence-electron chi connectivity index (χ3n) is 5.95. The van der Waals surface area contributed by atoms with Crippen LogP contribution in [-0.4, -0.2) is 43.7 Å². The minimum atomic E-state index is -3.90. The van der Waals surface area contributed by atoms with Gasteiger partial charge >= 0.3 is 0 Å². The number of hydrogen-bond acceptors (Lipinski definition) is 5. The molecule has 0 aliphatic carbocycles. The van der Waals surface area contributed by atoms with Gasteiger partial charge in [-0.2, -0.15) is 4.31 Å². The van der Waals surface area contributed by atoms with Gasteiger partial charge in [0.2, 0.25) is 15.9 Å². The van der Waals surface area contributed by atoms with Crippen molar-refractivity contribution in [2.24, 2.45) is 5.92 Å². The number of halogens is 1. The molecule has 1 fully saturated rings. The summed E-state index contributed by atoms with van der Waals surface area (Å²) < 4.78 is 47.1. The zero-order valence-electron chi connectivity index (χ0n) is 18.4. The molecule has 2 aromatic carbocycles. The second kappa shape index (κ2) is 9.11. The Morgan fingerprint density at radius 3 is 2.70 bits per heavy atom. The van der Waals surface area contributed by atoms with Crippen LogP contribution in [0.4, 0.5) is 15.8 Å². The lowest BCUT2D eigenvalue weighted by atomic mass is 9.99. The third kappa shape index (κ3) is 4.72. The van der Waals surface area contributed by atoms with Crippen molar-refractivity contribution in [1.29, 1.82) is 0 Å². The number of amides is 2. The van der Waals surface area contributed by atoms with Gasteiger partial charge in [0.05, 0.1) is 16.5 Å². The highest BCUT2D eigenvalue weighted by molar-refractivity contribution is 7.89. The molecule has 2 aliphatic rings. The van der Waals surface area contributed by atoms with E-state index in [1.165, 1.54) is 34.6 Å². The van der Waals surface area contributed by atoms with Crippen molar-refractivity contribution in [3.8, 4) is 5.75 Å². The van der Waals surface area contributed by atoms with Gasteiger partial charge in [-0.3, -0.25) is 9.59 Å². The van der Waals surface area contributed by atoms with Crippen molar-refractivity contribution in [1.82, 2.24) is 4.31 Å². The van der Waals surface area contributed by atoms with Crippen LogP contribution in [-0.2, 0) is 19.6 Å². The molecular weight excluding hydrogens is 449 g/mol. The summed E-state index contributed by atoms with van der Waals surface area (Å²) in [5, 5.41) is 5.49. The quantitative estimate of drug-likeness (QED) is 0.691. The molecule has 2 atom stereocenters. The van der Waals surface area contributed by atoms with Gasteiger partial charge in [0.1, 0.15) is 11.6 Å². The van der Waals surface area contributed by atoms with E-state index in [2.05, 4.69) is 10.6 Å². The minimum Gasteiger partial charge on any atom is -0.478 e. The Morgan fingerprint density at radius 2 is 2.00 bits per heavy atom. The fraction of sp³-hybridized carbons (Fsp3) is 0.391. The summed E-state index contributed by atoms with van der Waals surface area (Å²) in [6.45, 7) is 3.81. The Bertz CT molecular complexity index is 1180. The number of nitrogens with one attached hydrogen (secondary N) is 2. The third-order valence-corrected chi connectivity index (χ3v) is 7.96. The normalized spacial score (nSPS) is 21.0. The fourth-order valence-electron chi connectivity index (χ4n) is 4.12. The highest BCUT2D eigenvalue weighted by atomic mass is 32.2. The Labute approximate surface area is 192 Å². The number of benzene rings is 2. The summed E-state index contributed by atoms with van der Waals surface area (Å²) in [6, 6.07) is 8.46. The van der Waals surface area contributed by atoms with Crippen LogP contribution >= 0.6 is 0 Å². The van der Waals surface area contributed by atoms with E-state index >= 15 is 0 Å². The first-order chi connectivity index (χ1) is 15.7. The molecule has 1 saturated heterocycles. The van der Waals surface area contributed by atoms with Crippen molar-refractivity contribution >= 4 is 33.2 Å². The molecule has 0 bridgehead atoms. The maximum atomic E-state index is 13.5. The smallest absolute Gasteiger partial charge is 0.265 e. The number of aryl methyl sites for hydroxylation is 1. The lowest BCUT2D eigenvalue weighted by Gasteiger charge is -2.32. The van der Waals surface area contributed by atoms with Crippen LogP contribution in [0.15, 0.2) is 41.3 Å². The summed E-state index contributed by atoms with van der Waals surface area (Å²) in [4.78, 5) is 24.9. The van der Waals surface area contributed by atoms with Crippen molar-refractivity contribution in [2.75, 3.05) is 23.7 Å². The number of fused-ring (bicyclic) bond motifs is 1. The first-order valence-corrected chi connectivity index (χ1v) is 12.3. The topological polar surface area (TPSA) is 105 Å². The SMILES string of the molecule is CCC1Oc2cc(S(=O)(=O)N3CCCC(C(=O)Nc4ccc(F)cc4)C3)c(C)cc2NC1=O. The molecule has 8 nitrogen and oxygen atoms in total. The first-order valence-electron chi connectivity index (χ1n) is 10.9. The molecule has 2 aromatic rings. The van der Waals surface area contributed by atoms with E-state index in [-0.39, 0.29) is 23.3 Å². The van der Waals surface area contributed by atoms with Crippen LogP contribution in [0.5, 0.6) is 5.75 Å². The number of sulfonamides is 1. The molecule has 0 radical (unpaired) electrons. The Hall–Kier alpha value is -2.98. The lowest BCUT2D eigenvalue weighted by molar-refractivity contribution is -0.123. The maximum Gasteiger partial charge on any atom is 0.265 e. The molecule has 0 spiro atoms. The van der Waals surface area contributed by atoms with E-state index in [1.54, 1.807) is 13.0 Å². The monoisotopic (exact) mass is 475 g/mol. The first kappa shape index (κ1) is 23.2. The highest BCUT2D eigenvalue weighted by Crippen LogP contribution is 2.36. The van der Waals surface area contributed by atoms with Gasteiger partial charge in [0.25, 0.3) is 5.91 Å². The molecule has 2 unspecified atom stereocenters. The van der Waals surface area contributed by atoms with Crippen LogP contribution in [0.25, 0.3) is 0 Å². The predicted molar refractivity (Wildman–Crippen MR) is 121 cm³/mol. The van der Waals surface area contributed by atoms with Gasteiger partial charge in [-0.05, 0) is 62.1 Å². The molecule has 2 N–H and O–H groups in total. The average Bonchev–Trinajstić information content (AvgIpc) is 2.79. The Balaban J connectivity index is 1.54. The van der Waals surface area contributed by atoms with Gasteiger partial charge in [0, 0.05) is 24.8 Å². The lowest BCUT2D eigenvalue weighted by Crippen LogP contribution is -2.44. The summed E-state index contributed by atoms with van der Waals surface area (Å²) in [6.07, 6.45) is 0.869. The van der Waals surface area contributed by atoms with Crippen molar-refractivity contribution in [3.05, 3.63) is 47.8 Å². The van der Waals surface area contributed by atoms with Crippen molar-refractivity contribution < 1.29 is 27.1 Å². The number of piperidine rings is 1. The van der Waals surface area contributed by atoms with E-state index in [9.17, 15) is 22.4 Å². The average molecular weight is 476 g/mol. The molecule has 2 aliphatic heterocycles. The molecule has 0 saturated carbocycles. The van der Waals surface area contributed by atoms with Crippen LogP contribution in [0.1, 0.15) is 31.7 Å². The Morgan fingerprint density at radius 1 is 1.27 bits per heavy atom. The molecule has 0 aromatic heterocycles. The van der Waals surface area contributed by atoms with Gasteiger partial charge in [-0.15, -0.1) is 0 Å². The molecule has 4 rings (SSSR count). The van der Waals surface area contributed by atoms with Crippen LogP contribution in [0.3, 0.4) is 0 Å². The van der Waals surface area contributed by atoms with Crippen LogP contribution < -0.4 is 15.4 Å². The summed E-state index contributed by atoms with van der Waals surface area (Å²) in [7, 11) is -3.90. The number of hydrogen-bond donors (Lipinski definition) is 2. The molecule has 2 amide bonds. The number of carbonyl (C=O) groups excluding carboxylic acids is 2. The van der Waals surface area contributed by atoms with Crippen LogP contribution in [0.2, 0.25) is 0 Å². The largest absolute Gasteiger partial charge is 0.478 e. The van der Waals surface area contributed by atoms with Crippen molar-refractivity contribution in [3.63, 3.8) is 0 Å². The van der Waals surface area contributed by atoms with Gasteiger partial charge in [0.15, 0.2) is 6.10 Å². The second-order valence-electron chi connectivity index (χ2n) is 8.32. The summed E-state index contributed by atoms with van der Waals surface area (Å²) >= 11 is 0. The molecular formula is C23H26FN3O5S. The van der Waals surface area contributed by atoms with Crippen molar-refractivity contribution in [2.45, 2.75) is 44.1 Å². The number of ether oxygens (including phenoxy) is 1. The molecule has 2 heterocycles. The Kier molecular flexibility index (Phi) is 6.40. The fourth-order valence-corrected chi connectivity index (χ4v) is 5.87. The number of nitrogens with zero attached hydrogens (tertiary/aromatic N) is 1. The molecule has 176 valence electrons. The van der Waals surface area contributed by atoms with E-state index in [4.69, 9.17) is 4.74 Å². The van der Waals surface area contributed by atoms with Gasteiger partial charge in [-0.25, -0.2) is 12.8 Å². The van der Waals surface area contributed by atoms with E-state index in [0.717, 1.165) is 0 Å². The standard InChI is InChI=1S/C23H26FN3O5S/c1-3-19-23(29)26-18-11-14(2)21(12-20(18)32-19)33(30,31)27-10-4-5-15(13-27)22(28)25-17-8-6-16(24)7-9-17/h6-9,11-12,15,19H,3-5,10,13H2,1-2H3,(H,25,28)(H,26,29). The number of carbonyl (C=O) groups is 2. The zero-order chi connectivity index (χ0) is 23.8. The van der Waals surface area contributed by atoms with Gasteiger partial charge < -0.3 is 15.4 Å². The second-order valence-corrected chi connectivity index (χ2v) is 10.2. The summed E-state index contributed by atoms with van der Waals surface area (Å²) in [5.41, 5.74) is 1.37. The maximum absolute atomic E-state index is 13.5. The molecule has 10 heteroatoms.